The zero-order valence-corrected chi connectivity index (χ0v) is 10.5. The summed E-state index contributed by atoms with van der Waals surface area (Å²) >= 11 is 0. The van der Waals surface area contributed by atoms with Crippen molar-refractivity contribution in [3.63, 3.8) is 0 Å². The molecule has 0 aromatic heterocycles. The first kappa shape index (κ1) is 12.1. The average Bonchev–Trinajstić information content (AvgIpc) is 2.49. The quantitative estimate of drug-likeness (QED) is 0.419. The summed E-state index contributed by atoms with van der Waals surface area (Å²) in [7, 11) is 0. The second kappa shape index (κ2) is 4.13. The first-order valence-electron chi connectivity index (χ1n) is 6.00. The van der Waals surface area contributed by atoms with Crippen LogP contribution in [-0.2, 0) is 14.3 Å². The van der Waals surface area contributed by atoms with Crippen molar-refractivity contribution < 1.29 is 14.3 Å². The van der Waals surface area contributed by atoms with Gasteiger partial charge in [0.2, 0.25) is 0 Å². The summed E-state index contributed by atoms with van der Waals surface area (Å²) in [5.41, 5.74) is 2.20. The van der Waals surface area contributed by atoms with Crippen LogP contribution in [0.3, 0.4) is 0 Å². The van der Waals surface area contributed by atoms with E-state index < -0.39 is 0 Å². The van der Waals surface area contributed by atoms with E-state index in [9.17, 15) is 9.59 Å². The summed E-state index contributed by atoms with van der Waals surface area (Å²) < 4.78 is 4.80. The Morgan fingerprint density at radius 1 is 1.35 bits per heavy atom. The van der Waals surface area contributed by atoms with Gasteiger partial charge in [-0.3, -0.25) is 9.59 Å². The second-order valence-electron chi connectivity index (χ2n) is 5.32. The van der Waals surface area contributed by atoms with E-state index >= 15 is 0 Å². The van der Waals surface area contributed by atoms with Gasteiger partial charge in [0.1, 0.15) is 0 Å². The van der Waals surface area contributed by atoms with E-state index in [-0.39, 0.29) is 35.6 Å². The molecule has 2 rings (SSSR count). The number of esters is 2. The molecule has 3 heteroatoms. The van der Waals surface area contributed by atoms with Gasteiger partial charge in [0.15, 0.2) is 0 Å². The number of carbonyl (C=O) groups is 2. The van der Waals surface area contributed by atoms with Gasteiger partial charge >= 0.3 is 11.9 Å². The highest BCUT2D eigenvalue weighted by molar-refractivity contribution is 5.97. The third-order valence-corrected chi connectivity index (χ3v) is 3.91. The van der Waals surface area contributed by atoms with Crippen LogP contribution in [0.25, 0.3) is 0 Å². The third-order valence-electron chi connectivity index (χ3n) is 3.91. The standard InChI is InChI=1S/C14H18O3/c1-7(2)5-10-6-8(3)9(4)11-12(10)14(16)17-13(11)15/h6,9-12H,1,5H2,2-4H3. The molecule has 0 N–H and O–H groups in total. The molecule has 17 heavy (non-hydrogen) atoms. The molecular weight excluding hydrogens is 216 g/mol. The van der Waals surface area contributed by atoms with Gasteiger partial charge in [0.05, 0.1) is 11.8 Å². The van der Waals surface area contributed by atoms with Crippen molar-refractivity contribution >= 4 is 11.9 Å². The first-order valence-corrected chi connectivity index (χ1v) is 6.00. The molecule has 1 aliphatic carbocycles. The fraction of sp³-hybridized carbons (Fsp3) is 0.571. The fourth-order valence-electron chi connectivity index (χ4n) is 2.95. The topological polar surface area (TPSA) is 43.4 Å². The number of hydrogen-bond acceptors (Lipinski definition) is 3. The number of allylic oxidation sites excluding steroid dienone is 3. The largest absolute Gasteiger partial charge is 0.393 e. The zero-order chi connectivity index (χ0) is 12.7. The summed E-state index contributed by atoms with van der Waals surface area (Å²) in [5.74, 6) is -1.16. The number of hydrogen-bond donors (Lipinski definition) is 0. The van der Waals surface area contributed by atoms with Gasteiger partial charge < -0.3 is 4.74 Å². The highest BCUT2D eigenvalue weighted by Crippen LogP contribution is 2.44. The third kappa shape index (κ3) is 1.94. The SMILES string of the molecule is C=C(C)CC1C=C(C)C(C)C2C(=O)OC(=O)C12. The van der Waals surface area contributed by atoms with E-state index in [1.807, 2.05) is 20.8 Å². The molecule has 0 spiro atoms. The Morgan fingerprint density at radius 2 is 1.94 bits per heavy atom. The molecule has 0 radical (unpaired) electrons. The molecule has 92 valence electrons. The molecule has 1 saturated heterocycles. The van der Waals surface area contributed by atoms with Gasteiger partial charge in [-0.1, -0.05) is 24.1 Å². The van der Waals surface area contributed by atoms with Crippen molar-refractivity contribution in [3.05, 3.63) is 23.8 Å². The molecule has 1 heterocycles. The molecule has 1 fully saturated rings. The summed E-state index contributed by atoms with van der Waals surface area (Å²) in [6.07, 6.45) is 2.86. The predicted molar refractivity (Wildman–Crippen MR) is 63.9 cm³/mol. The van der Waals surface area contributed by atoms with Crippen LogP contribution < -0.4 is 0 Å². The Labute approximate surface area is 102 Å². The maximum Gasteiger partial charge on any atom is 0.318 e. The molecule has 3 nitrogen and oxygen atoms in total. The number of cyclic esters (lactones) is 2. The van der Waals surface area contributed by atoms with Crippen molar-refractivity contribution in [3.8, 4) is 0 Å². The van der Waals surface area contributed by atoms with Crippen LogP contribution in [0.1, 0.15) is 27.2 Å². The molecule has 2 aliphatic rings. The van der Waals surface area contributed by atoms with Gasteiger partial charge in [-0.15, -0.1) is 6.58 Å². The van der Waals surface area contributed by atoms with Gasteiger partial charge in [-0.05, 0) is 32.1 Å². The van der Waals surface area contributed by atoms with E-state index in [0.717, 1.165) is 12.0 Å². The van der Waals surface area contributed by atoms with E-state index in [1.54, 1.807) is 0 Å². The lowest BCUT2D eigenvalue weighted by Crippen LogP contribution is -2.34. The number of fused-ring (bicyclic) bond motifs is 1. The first-order chi connectivity index (χ1) is 7.91. The second-order valence-corrected chi connectivity index (χ2v) is 5.32. The van der Waals surface area contributed by atoms with E-state index in [2.05, 4.69) is 12.7 Å². The number of ether oxygens (including phenoxy) is 1. The molecular formula is C14H18O3. The average molecular weight is 234 g/mol. The van der Waals surface area contributed by atoms with Crippen molar-refractivity contribution in [2.75, 3.05) is 0 Å². The molecule has 1 aliphatic heterocycles. The Morgan fingerprint density at radius 3 is 2.53 bits per heavy atom. The minimum atomic E-state index is -0.359. The molecule has 0 saturated carbocycles. The minimum absolute atomic E-state index is 0.0626. The molecule has 0 amide bonds. The van der Waals surface area contributed by atoms with Crippen molar-refractivity contribution in [1.29, 1.82) is 0 Å². The van der Waals surface area contributed by atoms with Gasteiger partial charge in [-0.25, -0.2) is 0 Å². The van der Waals surface area contributed by atoms with Crippen LogP contribution in [0, 0.1) is 23.7 Å². The monoisotopic (exact) mass is 234 g/mol. The Balaban J connectivity index is 2.37. The predicted octanol–water partition coefficient (Wildman–Crippen LogP) is 2.48. The molecule has 0 aromatic rings. The van der Waals surface area contributed by atoms with Crippen LogP contribution in [0.15, 0.2) is 23.8 Å². The molecule has 4 unspecified atom stereocenters. The van der Waals surface area contributed by atoms with Gasteiger partial charge in [0.25, 0.3) is 0 Å². The van der Waals surface area contributed by atoms with E-state index in [4.69, 9.17) is 4.74 Å². The number of carbonyl (C=O) groups excluding carboxylic acids is 2. The van der Waals surface area contributed by atoms with Crippen LogP contribution in [0.4, 0.5) is 0 Å². The van der Waals surface area contributed by atoms with Crippen LogP contribution in [0.2, 0.25) is 0 Å². The molecule has 0 bridgehead atoms. The lowest BCUT2D eigenvalue weighted by molar-refractivity contribution is -0.154. The summed E-state index contributed by atoms with van der Waals surface area (Å²) in [6, 6.07) is 0. The summed E-state index contributed by atoms with van der Waals surface area (Å²) in [4.78, 5) is 23.5. The molecule has 0 aromatic carbocycles. The summed E-state index contributed by atoms with van der Waals surface area (Å²) in [6.45, 7) is 9.83. The maximum atomic E-state index is 11.8. The lowest BCUT2D eigenvalue weighted by atomic mass is 9.68. The van der Waals surface area contributed by atoms with Crippen LogP contribution in [0.5, 0.6) is 0 Å². The highest BCUT2D eigenvalue weighted by atomic mass is 16.6. The van der Waals surface area contributed by atoms with Gasteiger partial charge in [0, 0.05) is 0 Å². The van der Waals surface area contributed by atoms with Crippen molar-refractivity contribution in [1.82, 2.24) is 0 Å². The van der Waals surface area contributed by atoms with E-state index in [1.165, 1.54) is 5.57 Å². The summed E-state index contributed by atoms with van der Waals surface area (Å²) in [5, 5.41) is 0. The highest BCUT2D eigenvalue weighted by Gasteiger charge is 2.52. The smallest absolute Gasteiger partial charge is 0.318 e. The maximum absolute atomic E-state index is 11.8. The normalized spacial score (nSPS) is 36.3. The van der Waals surface area contributed by atoms with Crippen LogP contribution in [-0.4, -0.2) is 11.9 Å². The Kier molecular flexibility index (Phi) is 2.94. The van der Waals surface area contributed by atoms with Crippen LogP contribution >= 0.6 is 0 Å². The van der Waals surface area contributed by atoms with Crippen molar-refractivity contribution in [2.45, 2.75) is 27.2 Å². The lowest BCUT2D eigenvalue weighted by Gasteiger charge is -2.32. The Hall–Kier alpha value is -1.38. The minimum Gasteiger partial charge on any atom is -0.393 e. The van der Waals surface area contributed by atoms with Crippen molar-refractivity contribution in [2.24, 2.45) is 23.7 Å². The fourth-order valence-corrected chi connectivity index (χ4v) is 2.95. The van der Waals surface area contributed by atoms with Gasteiger partial charge in [-0.2, -0.15) is 0 Å². The molecule has 4 atom stereocenters. The van der Waals surface area contributed by atoms with E-state index in [0.29, 0.717) is 0 Å². The number of rotatable bonds is 2. The Bertz CT molecular complexity index is 419. The zero-order valence-electron chi connectivity index (χ0n) is 10.5.